The number of hydrogen-bond acceptors (Lipinski definition) is 6. The summed E-state index contributed by atoms with van der Waals surface area (Å²) >= 11 is 3.44. The highest BCUT2D eigenvalue weighted by molar-refractivity contribution is 9.10. The molecule has 7 heteroatoms. The molecule has 166 valence electrons. The van der Waals surface area contributed by atoms with E-state index < -0.39 is 24.3 Å². The van der Waals surface area contributed by atoms with Crippen LogP contribution in [0.5, 0.6) is 0 Å². The van der Waals surface area contributed by atoms with E-state index in [9.17, 15) is 9.59 Å². The number of nitrogens with zero attached hydrogens (tertiary/aromatic N) is 1. The number of anilines is 1. The van der Waals surface area contributed by atoms with Gasteiger partial charge in [0, 0.05) is 15.6 Å². The first kappa shape index (κ1) is 21.4. The highest BCUT2D eigenvalue weighted by Crippen LogP contribution is 2.52. The van der Waals surface area contributed by atoms with E-state index in [1.165, 1.54) is 14.2 Å². The molecule has 0 radical (unpaired) electrons. The number of halogens is 1. The molecule has 2 atom stereocenters. The van der Waals surface area contributed by atoms with Crippen molar-refractivity contribution in [1.29, 1.82) is 0 Å². The summed E-state index contributed by atoms with van der Waals surface area (Å²) in [6.07, 6.45) is -1.48. The molecule has 2 heterocycles. The van der Waals surface area contributed by atoms with Gasteiger partial charge in [-0.1, -0.05) is 70.5 Å². The van der Waals surface area contributed by atoms with Crippen LogP contribution in [-0.2, 0) is 23.8 Å². The Hall–Kier alpha value is -3.42. The van der Waals surface area contributed by atoms with E-state index in [0.29, 0.717) is 0 Å². The zero-order chi connectivity index (χ0) is 23.1. The van der Waals surface area contributed by atoms with Crippen molar-refractivity contribution in [3.05, 3.63) is 99.7 Å². The van der Waals surface area contributed by atoms with E-state index in [4.69, 9.17) is 14.2 Å². The van der Waals surface area contributed by atoms with Gasteiger partial charge in [-0.3, -0.25) is 0 Å². The summed E-state index contributed by atoms with van der Waals surface area (Å²) in [7, 11) is 2.58. The van der Waals surface area contributed by atoms with Gasteiger partial charge in [-0.05, 0) is 29.3 Å². The minimum absolute atomic E-state index is 0.0945. The van der Waals surface area contributed by atoms with E-state index in [2.05, 4.69) is 15.9 Å². The van der Waals surface area contributed by atoms with Crippen LogP contribution in [0.2, 0.25) is 0 Å². The Balaban J connectivity index is 1.83. The third-order valence-corrected chi connectivity index (χ3v) is 6.42. The first-order valence-electron chi connectivity index (χ1n) is 10.3. The Kier molecular flexibility index (Phi) is 5.52. The lowest BCUT2D eigenvalue weighted by Gasteiger charge is -2.45. The lowest BCUT2D eigenvalue weighted by atomic mass is 9.88. The van der Waals surface area contributed by atoms with E-state index in [1.807, 2.05) is 72.8 Å². The van der Waals surface area contributed by atoms with Gasteiger partial charge in [-0.25, -0.2) is 9.59 Å². The molecule has 3 aromatic rings. The quantitative estimate of drug-likeness (QED) is 0.449. The van der Waals surface area contributed by atoms with Gasteiger partial charge in [-0.15, -0.1) is 0 Å². The van der Waals surface area contributed by atoms with Crippen molar-refractivity contribution in [2.75, 3.05) is 19.1 Å². The number of carbonyl (C=O) groups is 2. The number of ether oxygens (including phenoxy) is 3. The summed E-state index contributed by atoms with van der Waals surface area (Å²) in [4.78, 5) is 28.0. The lowest BCUT2D eigenvalue weighted by Crippen LogP contribution is -2.44. The van der Waals surface area contributed by atoms with E-state index >= 15 is 0 Å². The maximum Gasteiger partial charge on any atom is 0.355 e. The maximum absolute atomic E-state index is 13.2. The predicted molar refractivity (Wildman–Crippen MR) is 126 cm³/mol. The van der Waals surface area contributed by atoms with Crippen LogP contribution in [0.1, 0.15) is 23.5 Å². The van der Waals surface area contributed by atoms with E-state index in [0.717, 1.165) is 32.4 Å². The van der Waals surface area contributed by atoms with Gasteiger partial charge < -0.3 is 19.1 Å². The summed E-state index contributed by atoms with van der Waals surface area (Å²) in [6, 6.07) is 23.0. The Labute approximate surface area is 199 Å². The molecule has 0 aromatic heterocycles. The van der Waals surface area contributed by atoms with Crippen LogP contribution in [0.15, 0.2) is 88.5 Å². The Morgan fingerprint density at radius 1 is 0.848 bits per heavy atom. The van der Waals surface area contributed by atoms with Crippen molar-refractivity contribution >= 4 is 33.6 Å². The van der Waals surface area contributed by atoms with E-state index in [-0.39, 0.29) is 11.3 Å². The van der Waals surface area contributed by atoms with Crippen molar-refractivity contribution in [3.63, 3.8) is 0 Å². The number of rotatable bonds is 3. The molecule has 0 amide bonds. The van der Waals surface area contributed by atoms with Gasteiger partial charge in [0.25, 0.3) is 0 Å². The van der Waals surface area contributed by atoms with Crippen molar-refractivity contribution in [2.24, 2.45) is 0 Å². The van der Waals surface area contributed by atoms with E-state index in [1.54, 1.807) is 4.90 Å². The molecule has 0 aliphatic carbocycles. The molecule has 0 N–H and O–H groups in total. The van der Waals surface area contributed by atoms with Gasteiger partial charge in [0.2, 0.25) is 0 Å². The standard InChI is InChI=1S/C26H20BrNO5/c1-31-25(29)21-22(26(30)32-2)28-20-10-6-5-8-18(20)17-7-3-4-9-19(17)24(28)33-23(21)15-11-13-16(27)14-12-15/h3-14,23-24H,1-2H3/t23-,24-/m1/s1. The number of benzene rings is 3. The lowest BCUT2D eigenvalue weighted by molar-refractivity contribution is -0.143. The second-order valence-electron chi connectivity index (χ2n) is 7.64. The molecule has 33 heavy (non-hydrogen) atoms. The number of methoxy groups -OCH3 is 2. The van der Waals surface area contributed by atoms with Crippen LogP contribution in [0, 0.1) is 0 Å². The number of hydrogen-bond donors (Lipinski definition) is 0. The smallest absolute Gasteiger partial charge is 0.355 e. The second-order valence-corrected chi connectivity index (χ2v) is 8.56. The topological polar surface area (TPSA) is 65.1 Å². The number of esters is 2. The summed E-state index contributed by atoms with van der Waals surface area (Å²) in [5.41, 5.74) is 4.50. The van der Waals surface area contributed by atoms with Crippen molar-refractivity contribution in [3.8, 4) is 11.1 Å². The van der Waals surface area contributed by atoms with Crippen molar-refractivity contribution in [1.82, 2.24) is 0 Å². The van der Waals surface area contributed by atoms with Crippen molar-refractivity contribution in [2.45, 2.75) is 12.3 Å². The van der Waals surface area contributed by atoms with Gasteiger partial charge in [-0.2, -0.15) is 0 Å². The van der Waals surface area contributed by atoms with Gasteiger partial charge >= 0.3 is 11.9 Å². The molecule has 2 aliphatic rings. The zero-order valence-electron chi connectivity index (χ0n) is 17.9. The third-order valence-electron chi connectivity index (χ3n) is 5.90. The Bertz CT molecular complexity index is 1280. The monoisotopic (exact) mass is 505 g/mol. The summed E-state index contributed by atoms with van der Waals surface area (Å²) < 4.78 is 17.8. The molecule has 6 nitrogen and oxygen atoms in total. The van der Waals surface area contributed by atoms with Crippen LogP contribution in [0.25, 0.3) is 11.1 Å². The van der Waals surface area contributed by atoms with Crippen LogP contribution >= 0.6 is 15.9 Å². The highest BCUT2D eigenvalue weighted by Gasteiger charge is 2.47. The van der Waals surface area contributed by atoms with Gasteiger partial charge in [0.15, 0.2) is 6.23 Å². The molecule has 2 aliphatic heterocycles. The largest absolute Gasteiger partial charge is 0.466 e. The normalized spacial score (nSPS) is 18.7. The minimum atomic E-state index is -0.834. The first-order valence-corrected chi connectivity index (χ1v) is 11.1. The van der Waals surface area contributed by atoms with Crippen LogP contribution in [0.4, 0.5) is 5.69 Å². The summed E-state index contributed by atoms with van der Waals surface area (Å²) in [6.45, 7) is 0. The zero-order valence-corrected chi connectivity index (χ0v) is 19.5. The highest BCUT2D eigenvalue weighted by atomic mass is 79.9. The molecule has 0 saturated carbocycles. The van der Waals surface area contributed by atoms with Gasteiger partial charge in [0.1, 0.15) is 17.4 Å². The molecule has 0 spiro atoms. The molecule has 3 aromatic carbocycles. The number of carbonyl (C=O) groups excluding carboxylic acids is 2. The molecule has 0 unspecified atom stereocenters. The second kappa shape index (κ2) is 8.50. The number of fused-ring (bicyclic) bond motifs is 6. The van der Waals surface area contributed by atoms with Crippen LogP contribution < -0.4 is 4.90 Å². The Morgan fingerprint density at radius 3 is 2.18 bits per heavy atom. The molecule has 5 rings (SSSR count). The summed E-state index contributed by atoms with van der Waals surface area (Å²) in [5.74, 6) is -1.29. The fourth-order valence-electron chi connectivity index (χ4n) is 4.46. The average Bonchev–Trinajstić information content (AvgIpc) is 2.87. The molecular formula is C26H20BrNO5. The predicted octanol–water partition coefficient (Wildman–Crippen LogP) is 5.31. The SMILES string of the molecule is COC(=O)C1=C(C(=O)OC)N2c3ccccc3-c3ccccc3[C@H]2O[C@@H]1c1ccc(Br)cc1. The fraction of sp³-hybridized carbons (Fsp3) is 0.154. The van der Waals surface area contributed by atoms with Crippen LogP contribution in [0.3, 0.4) is 0 Å². The third kappa shape index (κ3) is 3.44. The number of para-hydroxylation sites is 1. The fourth-order valence-corrected chi connectivity index (χ4v) is 4.72. The van der Waals surface area contributed by atoms with Crippen LogP contribution in [-0.4, -0.2) is 26.2 Å². The molecule has 0 bridgehead atoms. The summed E-state index contributed by atoms with van der Waals surface area (Å²) in [5, 5.41) is 0. The van der Waals surface area contributed by atoms with Crippen molar-refractivity contribution < 1.29 is 23.8 Å². The molecule has 0 fully saturated rings. The molecular weight excluding hydrogens is 486 g/mol. The molecule has 0 saturated heterocycles. The minimum Gasteiger partial charge on any atom is -0.466 e. The van der Waals surface area contributed by atoms with Gasteiger partial charge in [0.05, 0.1) is 19.9 Å². The Morgan fingerprint density at radius 2 is 1.48 bits per heavy atom. The maximum atomic E-state index is 13.2. The first-order chi connectivity index (χ1) is 16.0. The average molecular weight is 506 g/mol.